The summed E-state index contributed by atoms with van der Waals surface area (Å²) in [6.07, 6.45) is -3.27. The molecule has 0 N–H and O–H groups in total. The van der Waals surface area contributed by atoms with Crippen molar-refractivity contribution >= 4 is 75.2 Å². The van der Waals surface area contributed by atoms with Crippen LogP contribution in [0.1, 0.15) is 101 Å². The third-order valence-electron chi connectivity index (χ3n) is 7.20. The van der Waals surface area contributed by atoms with Crippen LogP contribution < -0.4 is 8.46 Å². The number of para-hydroxylation sites is 2. The first-order valence-corrected chi connectivity index (χ1v) is 28.7. The van der Waals surface area contributed by atoms with Crippen molar-refractivity contribution in [2.45, 2.75) is 118 Å². The standard InChI is InChI=1S/C30H52Cl3N2Si4/c1-21(2)25-17-15-18-26(22(3)4)29(25)34(37(9,10)11)36(31)39(32,33)35(38(12,13)14)30-27(23(5)6)19-16-20-28(30)24(7)8/h15-24H,1-14H3. The molecular weight excluding hydrogens is 607 g/mol. The van der Waals surface area contributed by atoms with Gasteiger partial charge in [-0.05, 0) is 45.9 Å². The Labute approximate surface area is 259 Å². The van der Waals surface area contributed by atoms with Gasteiger partial charge in [0.25, 0.3) is 0 Å². The van der Waals surface area contributed by atoms with Crippen molar-refractivity contribution in [3.8, 4) is 0 Å². The summed E-state index contributed by atoms with van der Waals surface area (Å²) in [5, 5.41) is 0. The SMILES string of the molecule is CC(C)c1cccc(C(C)C)c1N([Si](Cl)[Si](Cl)(Cl)N(c1c(C(C)C)cccc1C(C)C)[Si](C)(C)C)[Si](C)(C)C. The van der Waals surface area contributed by atoms with Crippen LogP contribution in [0.2, 0.25) is 39.3 Å². The van der Waals surface area contributed by atoms with Crippen molar-refractivity contribution in [3.63, 3.8) is 0 Å². The van der Waals surface area contributed by atoms with Gasteiger partial charge in [-0.15, -0.1) is 33.2 Å². The predicted octanol–water partition coefficient (Wildman–Crippen LogP) is 11.4. The average Bonchev–Trinajstić information content (AvgIpc) is 2.76. The Morgan fingerprint density at radius 3 is 1.13 bits per heavy atom. The van der Waals surface area contributed by atoms with Crippen molar-refractivity contribution in [1.29, 1.82) is 0 Å². The van der Waals surface area contributed by atoms with Gasteiger partial charge in [-0.25, -0.2) is 0 Å². The maximum absolute atomic E-state index is 7.90. The van der Waals surface area contributed by atoms with Crippen LogP contribution in [0.15, 0.2) is 36.4 Å². The highest BCUT2D eigenvalue weighted by molar-refractivity contribution is 7.81. The first kappa shape index (κ1) is 35.0. The molecule has 0 aliphatic rings. The molecule has 1 radical (unpaired) electrons. The van der Waals surface area contributed by atoms with Crippen LogP contribution in [0.4, 0.5) is 11.4 Å². The molecule has 0 amide bonds. The fourth-order valence-corrected chi connectivity index (χ4v) is 36.7. The second-order valence-electron chi connectivity index (χ2n) is 14.0. The fraction of sp³-hybridized carbons (Fsp3) is 0.600. The second kappa shape index (κ2) is 13.0. The van der Waals surface area contributed by atoms with Gasteiger partial charge in [-0.1, -0.05) is 131 Å². The predicted molar refractivity (Wildman–Crippen MR) is 190 cm³/mol. The topological polar surface area (TPSA) is 6.48 Å². The van der Waals surface area contributed by atoms with Crippen LogP contribution in [-0.4, -0.2) is 30.6 Å². The van der Waals surface area contributed by atoms with E-state index in [0.29, 0.717) is 23.7 Å². The third-order valence-corrected chi connectivity index (χ3v) is 32.3. The van der Waals surface area contributed by atoms with E-state index >= 15 is 0 Å². The molecular formula is C30H52Cl3N2Si4. The van der Waals surface area contributed by atoms with Crippen molar-refractivity contribution in [3.05, 3.63) is 58.7 Å². The van der Waals surface area contributed by atoms with E-state index in [1.807, 2.05) is 0 Å². The molecule has 0 spiro atoms. The lowest BCUT2D eigenvalue weighted by atomic mass is 9.93. The third kappa shape index (κ3) is 7.60. The van der Waals surface area contributed by atoms with Crippen molar-refractivity contribution in [2.24, 2.45) is 0 Å². The maximum atomic E-state index is 7.90. The lowest BCUT2D eigenvalue weighted by molar-refractivity contribution is 0.834. The summed E-state index contributed by atoms with van der Waals surface area (Å²) >= 11 is 23.7. The molecule has 2 aromatic rings. The van der Waals surface area contributed by atoms with Gasteiger partial charge in [0.05, 0.1) is 0 Å². The van der Waals surface area contributed by atoms with E-state index in [1.54, 1.807) is 0 Å². The molecule has 0 saturated heterocycles. The van der Waals surface area contributed by atoms with E-state index in [-0.39, 0.29) is 0 Å². The molecule has 219 valence electrons. The van der Waals surface area contributed by atoms with Crippen molar-refractivity contribution < 1.29 is 0 Å². The number of halogens is 3. The highest BCUT2D eigenvalue weighted by atomic mass is 35.7. The van der Waals surface area contributed by atoms with E-state index in [9.17, 15) is 0 Å². The zero-order chi connectivity index (χ0) is 30.2. The van der Waals surface area contributed by atoms with Crippen LogP contribution in [0.3, 0.4) is 0 Å². The lowest BCUT2D eigenvalue weighted by Gasteiger charge is -2.51. The summed E-state index contributed by atoms with van der Waals surface area (Å²) in [6.45, 7) is 32.5. The molecule has 0 aliphatic heterocycles. The second-order valence-corrected chi connectivity index (χ2v) is 38.4. The molecule has 2 nitrogen and oxygen atoms in total. The average molecular weight is 659 g/mol. The summed E-state index contributed by atoms with van der Waals surface area (Å²) in [6, 6.07) is 13.5. The van der Waals surface area contributed by atoms with Crippen LogP contribution in [0.5, 0.6) is 0 Å². The Kier molecular flexibility index (Phi) is 11.6. The number of anilines is 2. The molecule has 0 aliphatic carbocycles. The molecule has 0 saturated carbocycles. The largest absolute Gasteiger partial charge is 0.411 e. The first-order valence-electron chi connectivity index (χ1n) is 14.4. The smallest absolute Gasteiger partial charge is 0.367 e. The van der Waals surface area contributed by atoms with Crippen molar-refractivity contribution in [2.75, 3.05) is 8.46 Å². The number of benzene rings is 2. The van der Waals surface area contributed by atoms with Crippen LogP contribution in [0, 0.1) is 0 Å². The molecule has 0 fully saturated rings. The minimum atomic E-state index is -3.27. The fourth-order valence-electron chi connectivity index (χ4n) is 5.39. The zero-order valence-electron chi connectivity index (χ0n) is 26.8. The number of rotatable bonds is 11. The molecule has 2 rings (SSSR count). The maximum Gasteiger partial charge on any atom is 0.367 e. The molecule has 0 heterocycles. The van der Waals surface area contributed by atoms with Gasteiger partial charge in [-0.2, -0.15) is 0 Å². The van der Waals surface area contributed by atoms with Gasteiger partial charge in [0.2, 0.25) is 0 Å². The molecule has 0 unspecified atom stereocenters. The summed E-state index contributed by atoms with van der Waals surface area (Å²) in [5.41, 5.74) is 7.86. The molecule has 0 aromatic heterocycles. The Morgan fingerprint density at radius 2 is 0.872 bits per heavy atom. The number of hydrogen-bond acceptors (Lipinski definition) is 2. The van der Waals surface area contributed by atoms with Crippen LogP contribution in [0.25, 0.3) is 0 Å². The van der Waals surface area contributed by atoms with E-state index < -0.39 is 30.6 Å². The monoisotopic (exact) mass is 657 g/mol. The molecule has 9 heteroatoms. The van der Waals surface area contributed by atoms with Crippen molar-refractivity contribution in [1.82, 2.24) is 0 Å². The Morgan fingerprint density at radius 1 is 0.564 bits per heavy atom. The molecule has 2 aromatic carbocycles. The first-order chi connectivity index (χ1) is 17.7. The van der Waals surface area contributed by atoms with Gasteiger partial charge >= 0.3 is 14.2 Å². The van der Waals surface area contributed by atoms with E-state index in [4.69, 9.17) is 33.2 Å². The van der Waals surface area contributed by atoms with Gasteiger partial charge < -0.3 is 8.46 Å². The molecule has 0 bridgehead atoms. The quantitative estimate of drug-likeness (QED) is 0.175. The molecule has 39 heavy (non-hydrogen) atoms. The normalized spacial score (nSPS) is 13.4. The van der Waals surface area contributed by atoms with Crippen LogP contribution >= 0.6 is 33.2 Å². The van der Waals surface area contributed by atoms with Gasteiger partial charge in [0.15, 0.2) is 0 Å². The lowest BCUT2D eigenvalue weighted by Crippen LogP contribution is -2.72. The van der Waals surface area contributed by atoms with E-state index in [1.165, 1.54) is 33.6 Å². The summed E-state index contributed by atoms with van der Waals surface area (Å²) < 4.78 is 5.12. The van der Waals surface area contributed by atoms with E-state index in [0.717, 1.165) is 0 Å². The Balaban J connectivity index is 2.98. The minimum Gasteiger partial charge on any atom is -0.411 e. The van der Waals surface area contributed by atoms with Gasteiger partial charge in [0, 0.05) is 11.4 Å². The highest BCUT2D eigenvalue weighted by Gasteiger charge is 2.57. The molecule has 0 atom stereocenters. The summed E-state index contributed by atoms with van der Waals surface area (Å²) in [5.74, 6) is 1.44. The Bertz CT molecular complexity index is 1070. The highest BCUT2D eigenvalue weighted by Crippen LogP contribution is 2.47. The minimum absolute atomic E-state index is 0.351. The number of nitrogens with zero attached hydrogens (tertiary/aromatic N) is 2. The van der Waals surface area contributed by atoms with Gasteiger partial charge in [-0.3, -0.25) is 0 Å². The summed E-state index contributed by atoms with van der Waals surface area (Å²) in [7, 11) is -6.06. The number of hydrogen-bond donors (Lipinski definition) is 0. The van der Waals surface area contributed by atoms with Gasteiger partial charge in [0.1, 0.15) is 16.5 Å². The summed E-state index contributed by atoms with van der Waals surface area (Å²) in [4.78, 5) is 0. The van der Waals surface area contributed by atoms with Crippen LogP contribution in [-0.2, 0) is 0 Å². The zero-order valence-corrected chi connectivity index (χ0v) is 33.1. The Hall–Kier alpha value is -0.222. The van der Waals surface area contributed by atoms with E-state index in [2.05, 4.69) is 140 Å².